The van der Waals surface area contributed by atoms with E-state index in [1.54, 1.807) is 30.3 Å². The molecule has 0 radical (unpaired) electrons. The third kappa shape index (κ3) is 5.72. The third-order valence-electron chi connectivity index (χ3n) is 5.81. The van der Waals surface area contributed by atoms with Crippen LogP contribution in [0.2, 0.25) is 0 Å². The largest absolute Gasteiger partial charge is 0.490 e. The Morgan fingerprint density at radius 1 is 0.973 bits per heavy atom. The molecule has 3 aromatic rings. The zero-order valence-corrected chi connectivity index (χ0v) is 22.4. The summed E-state index contributed by atoms with van der Waals surface area (Å²) in [5.41, 5.74) is 2.20. The van der Waals surface area contributed by atoms with Crippen molar-refractivity contribution in [3.63, 3.8) is 0 Å². The Balaban J connectivity index is 1.88. The molecule has 1 aliphatic rings. The molecular weight excluding hydrogens is 543 g/mol. The molecule has 0 unspecified atom stereocenters. The minimum absolute atomic E-state index is 0.214. The number of hydrogen-bond acceptors (Lipinski definition) is 5. The van der Waals surface area contributed by atoms with E-state index in [9.17, 15) is 14.0 Å². The monoisotopic (exact) mass is 570 g/mol. The van der Waals surface area contributed by atoms with Crippen LogP contribution in [-0.2, 0) is 4.79 Å². The van der Waals surface area contributed by atoms with E-state index in [4.69, 9.17) is 14.2 Å². The van der Waals surface area contributed by atoms with Crippen molar-refractivity contribution < 1.29 is 28.2 Å². The van der Waals surface area contributed by atoms with Crippen molar-refractivity contribution in [3.8, 4) is 17.2 Å². The molecule has 37 heavy (non-hydrogen) atoms. The normalized spacial score (nSPS) is 14.9. The van der Waals surface area contributed by atoms with Crippen molar-refractivity contribution in [1.29, 1.82) is 0 Å². The molecule has 1 atom stereocenters. The quantitative estimate of drug-likeness (QED) is 0.361. The van der Waals surface area contributed by atoms with Gasteiger partial charge in [-0.15, -0.1) is 0 Å². The van der Waals surface area contributed by atoms with Crippen molar-refractivity contribution in [2.24, 2.45) is 0 Å². The van der Waals surface area contributed by atoms with Gasteiger partial charge in [0.15, 0.2) is 11.5 Å². The second-order valence-electron chi connectivity index (χ2n) is 8.27. The molecule has 9 heteroatoms. The van der Waals surface area contributed by atoms with Gasteiger partial charge < -0.3 is 24.4 Å². The van der Waals surface area contributed by atoms with E-state index in [1.807, 2.05) is 32.9 Å². The molecule has 0 aliphatic carbocycles. The predicted octanol–water partition coefficient (Wildman–Crippen LogP) is 5.97. The van der Waals surface area contributed by atoms with E-state index < -0.39 is 17.8 Å². The number of anilines is 1. The lowest BCUT2D eigenvalue weighted by Crippen LogP contribution is -2.39. The number of halogens is 2. The summed E-state index contributed by atoms with van der Waals surface area (Å²) >= 11 is 3.50. The van der Waals surface area contributed by atoms with Gasteiger partial charge in [-0.1, -0.05) is 28.1 Å². The molecule has 0 saturated heterocycles. The van der Waals surface area contributed by atoms with Gasteiger partial charge in [-0.25, -0.2) is 4.39 Å². The van der Waals surface area contributed by atoms with E-state index in [1.165, 1.54) is 17.0 Å². The van der Waals surface area contributed by atoms with Crippen molar-refractivity contribution in [3.05, 3.63) is 81.6 Å². The molecular formula is C28H28BrFN2O5. The van der Waals surface area contributed by atoms with Crippen LogP contribution in [0.15, 0.2) is 59.1 Å². The average Bonchev–Trinajstić information content (AvgIpc) is 3.01. The van der Waals surface area contributed by atoms with Crippen LogP contribution < -0.4 is 19.5 Å². The highest BCUT2D eigenvalue weighted by Gasteiger charge is 2.35. The number of ether oxygens (including phenoxy) is 3. The van der Waals surface area contributed by atoms with Crippen LogP contribution in [0.5, 0.6) is 17.2 Å². The van der Waals surface area contributed by atoms with Gasteiger partial charge in [-0.3, -0.25) is 9.59 Å². The van der Waals surface area contributed by atoms with E-state index in [0.717, 1.165) is 4.47 Å². The Morgan fingerprint density at radius 3 is 2.19 bits per heavy atom. The SMILES string of the molecule is CCOc1cc(C(=O)N2CC(=O)Nc3ccc(Br)cc3[C@H]2c2ccc(F)cc2)cc(OCC)c1OCC. The fraction of sp³-hybridized carbons (Fsp3) is 0.286. The number of hydrogen-bond donors (Lipinski definition) is 1. The summed E-state index contributed by atoms with van der Waals surface area (Å²) in [6, 6.07) is 13.9. The number of benzene rings is 3. The first-order chi connectivity index (χ1) is 17.9. The van der Waals surface area contributed by atoms with Gasteiger partial charge >= 0.3 is 0 Å². The molecule has 0 saturated carbocycles. The third-order valence-corrected chi connectivity index (χ3v) is 6.30. The Bertz CT molecular complexity index is 1270. The molecule has 4 rings (SSSR count). The van der Waals surface area contributed by atoms with E-state index in [0.29, 0.717) is 53.9 Å². The Kier molecular flexibility index (Phi) is 8.33. The van der Waals surface area contributed by atoms with Crippen LogP contribution in [0.1, 0.15) is 48.3 Å². The number of nitrogens with one attached hydrogen (secondary N) is 1. The summed E-state index contributed by atoms with van der Waals surface area (Å²) < 4.78 is 32.0. The lowest BCUT2D eigenvalue weighted by Gasteiger charge is -2.31. The molecule has 3 aromatic carbocycles. The molecule has 0 aromatic heterocycles. The zero-order valence-electron chi connectivity index (χ0n) is 20.8. The minimum Gasteiger partial charge on any atom is -0.490 e. The molecule has 1 aliphatic heterocycles. The number of carbonyl (C=O) groups excluding carboxylic acids is 2. The predicted molar refractivity (Wildman–Crippen MR) is 142 cm³/mol. The Labute approximate surface area is 223 Å². The summed E-state index contributed by atoms with van der Waals surface area (Å²) in [6.45, 7) is 6.41. The Morgan fingerprint density at radius 2 is 1.59 bits per heavy atom. The van der Waals surface area contributed by atoms with E-state index >= 15 is 0 Å². The molecule has 0 bridgehead atoms. The van der Waals surface area contributed by atoms with Gasteiger partial charge in [0.1, 0.15) is 12.4 Å². The summed E-state index contributed by atoms with van der Waals surface area (Å²) in [7, 11) is 0. The van der Waals surface area contributed by atoms with Gasteiger partial charge in [-0.05, 0) is 68.8 Å². The number of nitrogens with zero attached hydrogens (tertiary/aromatic N) is 1. The lowest BCUT2D eigenvalue weighted by molar-refractivity contribution is -0.117. The van der Waals surface area contributed by atoms with Gasteiger partial charge in [0.05, 0.1) is 25.9 Å². The second-order valence-corrected chi connectivity index (χ2v) is 9.18. The van der Waals surface area contributed by atoms with Crippen LogP contribution in [-0.4, -0.2) is 43.1 Å². The van der Waals surface area contributed by atoms with Crippen molar-refractivity contribution in [2.75, 3.05) is 31.7 Å². The average molecular weight is 571 g/mol. The topological polar surface area (TPSA) is 77.1 Å². The van der Waals surface area contributed by atoms with E-state index in [2.05, 4.69) is 21.2 Å². The van der Waals surface area contributed by atoms with Crippen molar-refractivity contribution >= 4 is 33.4 Å². The van der Waals surface area contributed by atoms with Gasteiger partial charge in [0.2, 0.25) is 11.7 Å². The zero-order chi connectivity index (χ0) is 26.5. The van der Waals surface area contributed by atoms with Gasteiger partial charge in [0.25, 0.3) is 5.91 Å². The van der Waals surface area contributed by atoms with Crippen molar-refractivity contribution in [1.82, 2.24) is 4.90 Å². The maximum absolute atomic E-state index is 14.1. The van der Waals surface area contributed by atoms with Crippen LogP contribution in [0.3, 0.4) is 0 Å². The summed E-state index contributed by atoms with van der Waals surface area (Å²) in [5.74, 6) is 0.0115. The fourth-order valence-corrected chi connectivity index (χ4v) is 4.73. The number of rotatable bonds is 8. The standard InChI is InChI=1S/C28H28BrFN2O5/c1-4-35-23-13-18(14-24(36-5-2)27(23)37-6-3)28(34)32-16-25(33)31-22-12-9-19(29)15-21(22)26(32)17-7-10-20(30)11-8-17/h7-15,26H,4-6,16H2,1-3H3,(H,31,33)/t26-/m1/s1. The van der Waals surface area contributed by atoms with Crippen LogP contribution in [0.4, 0.5) is 10.1 Å². The first-order valence-electron chi connectivity index (χ1n) is 12.1. The number of amides is 2. The molecule has 1 heterocycles. The molecule has 7 nitrogen and oxygen atoms in total. The highest BCUT2D eigenvalue weighted by molar-refractivity contribution is 9.10. The fourth-order valence-electron chi connectivity index (χ4n) is 4.35. The van der Waals surface area contributed by atoms with Gasteiger partial charge in [-0.2, -0.15) is 0 Å². The van der Waals surface area contributed by atoms with Crippen LogP contribution in [0, 0.1) is 5.82 Å². The Hall–Kier alpha value is -3.59. The summed E-state index contributed by atoms with van der Waals surface area (Å²) in [4.78, 5) is 28.5. The van der Waals surface area contributed by atoms with Crippen LogP contribution >= 0.6 is 15.9 Å². The van der Waals surface area contributed by atoms with Gasteiger partial charge in [0, 0.05) is 21.3 Å². The smallest absolute Gasteiger partial charge is 0.255 e. The van der Waals surface area contributed by atoms with Crippen LogP contribution in [0.25, 0.3) is 0 Å². The number of carbonyl (C=O) groups is 2. The summed E-state index contributed by atoms with van der Waals surface area (Å²) in [6.07, 6.45) is 0. The van der Waals surface area contributed by atoms with E-state index in [-0.39, 0.29) is 18.0 Å². The maximum Gasteiger partial charge on any atom is 0.255 e. The minimum atomic E-state index is -0.669. The second kappa shape index (κ2) is 11.6. The maximum atomic E-state index is 14.1. The lowest BCUT2D eigenvalue weighted by atomic mass is 9.95. The molecule has 2 amide bonds. The molecule has 1 N–H and O–H groups in total. The molecule has 0 fully saturated rings. The first kappa shape index (κ1) is 26.5. The summed E-state index contributed by atoms with van der Waals surface area (Å²) in [5, 5.41) is 2.89. The molecule has 194 valence electrons. The van der Waals surface area contributed by atoms with Crippen molar-refractivity contribution in [2.45, 2.75) is 26.8 Å². The highest BCUT2D eigenvalue weighted by Crippen LogP contribution is 2.42. The number of fused-ring (bicyclic) bond motifs is 1. The molecule has 0 spiro atoms. The highest BCUT2D eigenvalue weighted by atomic mass is 79.9. The first-order valence-corrected chi connectivity index (χ1v) is 12.9.